The Morgan fingerprint density at radius 2 is 1.66 bits per heavy atom. The molecule has 1 heterocycles. The predicted octanol–water partition coefficient (Wildman–Crippen LogP) is 2.31. The first kappa shape index (κ1) is 23.8. The molecule has 1 aliphatic rings. The first-order valence-corrected chi connectivity index (χ1v) is 12.8. The van der Waals surface area contributed by atoms with Crippen LogP contribution in [0.15, 0.2) is 30.3 Å². The number of nitrogens with one attached hydrogen (secondary N) is 1. The van der Waals surface area contributed by atoms with E-state index >= 15 is 0 Å². The zero-order valence-corrected chi connectivity index (χ0v) is 18.6. The van der Waals surface area contributed by atoms with Crippen LogP contribution in [0.1, 0.15) is 44.6 Å². The lowest BCUT2D eigenvalue weighted by molar-refractivity contribution is -0.118. The third-order valence-corrected chi connectivity index (χ3v) is 6.96. The molecule has 164 valence electrons. The fourth-order valence-corrected chi connectivity index (χ4v) is 4.89. The minimum atomic E-state index is -3.27. The van der Waals surface area contributed by atoms with Crippen molar-refractivity contribution in [3.8, 4) is 0 Å². The molecular formula is C22H37N3O3S. The van der Waals surface area contributed by atoms with Crippen LogP contribution in [0.25, 0.3) is 0 Å². The van der Waals surface area contributed by atoms with Crippen LogP contribution in [0.4, 0.5) is 0 Å². The predicted molar refractivity (Wildman–Crippen MR) is 119 cm³/mol. The van der Waals surface area contributed by atoms with Gasteiger partial charge in [-0.05, 0) is 31.4 Å². The molecule has 0 radical (unpaired) electrons. The number of benzene rings is 1. The van der Waals surface area contributed by atoms with E-state index in [1.54, 1.807) is 0 Å². The van der Waals surface area contributed by atoms with E-state index in [2.05, 4.69) is 45.4 Å². The highest BCUT2D eigenvalue weighted by Crippen LogP contribution is 2.09. The largest absolute Gasteiger partial charge is 0.355 e. The van der Waals surface area contributed by atoms with E-state index in [0.29, 0.717) is 13.0 Å². The highest BCUT2D eigenvalue weighted by Gasteiger charge is 2.17. The van der Waals surface area contributed by atoms with Crippen molar-refractivity contribution >= 4 is 15.7 Å². The molecular weight excluding hydrogens is 386 g/mol. The first-order valence-electron chi connectivity index (χ1n) is 10.9. The average Bonchev–Trinajstić information content (AvgIpc) is 2.69. The zero-order chi connectivity index (χ0) is 21.0. The van der Waals surface area contributed by atoms with Crippen LogP contribution in [0, 0.1) is 0 Å². The van der Waals surface area contributed by atoms with E-state index in [1.165, 1.54) is 5.56 Å². The molecule has 0 saturated carbocycles. The van der Waals surface area contributed by atoms with Crippen LogP contribution in [-0.4, -0.2) is 74.9 Å². The third kappa shape index (κ3) is 10.2. The molecule has 0 bridgehead atoms. The van der Waals surface area contributed by atoms with E-state index in [0.717, 1.165) is 65.0 Å². The molecule has 0 atom stereocenters. The van der Waals surface area contributed by atoms with Gasteiger partial charge in [-0.2, -0.15) is 0 Å². The molecule has 1 aromatic rings. The second-order valence-electron chi connectivity index (χ2n) is 7.96. The van der Waals surface area contributed by atoms with Crippen LogP contribution < -0.4 is 5.32 Å². The van der Waals surface area contributed by atoms with Crippen LogP contribution >= 0.6 is 0 Å². The molecule has 1 fully saturated rings. The van der Waals surface area contributed by atoms with Crippen LogP contribution in [0.3, 0.4) is 0 Å². The molecule has 0 aliphatic carbocycles. The first-order chi connectivity index (χ1) is 14.0. The van der Waals surface area contributed by atoms with Gasteiger partial charge in [-0.3, -0.25) is 9.69 Å². The zero-order valence-electron chi connectivity index (χ0n) is 17.8. The lowest BCUT2D eigenvalue weighted by atomic mass is 10.2. The SMILES string of the molecule is CCCCCS(=O)(=O)CC(=O)NCCCCN1CCN(Cc2ccccc2)CC1. The summed E-state index contributed by atoms with van der Waals surface area (Å²) in [5, 5.41) is 2.76. The number of piperazine rings is 1. The van der Waals surface area contributed by atoms with Gasteiger partial charge in [0.15, 0.2) is 9.84 Å². The number of nitrogens with zero attached hydrogens (tertiary/aromatic N) is 2. The van der Waals surface area contributed by atoms with Crippen molar-refractivity contribution in [3.63, 3.8) is 0 Å². The van der Waals surface area contributed by atoms with Gasteiger partial charge in [0.25, 0.3) is 0 Å². The summed E-state index contributed by atoms with van der Waals surface area (Å²) in [6.07, 6.45) is 4.41. The molecule has 1 saturated heterocycles. The van der Waals surface area contributed by atoms with E-state index in [-0.39, 0.29) is 17.4 Å². The number of hydrogen-bond donors (Lipinski definition) is 1. The van der Waals surface area contributed by atoms with Gasteiger partial charge >= 0.3 is 0 Å². The third-order valence-electron chi connectivity index (χ3n) is 5.35. The lowest BCUT2D eigenvalue weighted by Gasteiger charge is -2.34. The standard InChI is InChI=1S/C22H37N3O3S/c1-2-3-9-18-29(27,28)20-22(26)23-12-7-8-13-24-14-16-25(17-15-24)19-21-10-5-4-6-11-21/h4-6,10-11H,2-3,7-9,12-20H2,1H3,(H,23,26). The van der Waals surface area contributed by atoms with Gasteiger partial charge in [0, 0.05) is 39.3 Å². The lowest BCUT2D eigenvalue weighted by Crippen LogP contribution is -2.46. The summed E-state index contributed by atoms with van der Waals surface area (Å²) in [5.74, 6) is -0.624. The number of rotatable bonds is 13. The molecule has 0 unspecified atom stereocenters. The Balaban J connectivity index is 1.51. The van der Waals surface area contributed by atoms with Gasteiger partial charge in [0.2, 0.25) is 5.91 Å². The van der Waals surface area contributed by atoms with Gasteiger partial charge in [-0.1, -0.05) is 50.1 Å². The number of unbranched alkanes of at least 4 members (excludes halogenated alkanes) is 3. The van der Waals surface area contributed by atoms with Crippen molar-refractivity contribution in [1.29, 1.82) is 0 Å². The van der Waals surface area contributed by atoms with Gasteiger partial charge < -0.3 is 10.2 Å². The molecule has 2 rings (SSSR count). The Kier molecular flexibility index (Phi) is 10.7. The van der Waals surface area contributed by atoms with Crippen molar-refractivity contribution < 1.29 is 13.2 Å². The molecule has 0 aromatic heterocycles. The summed E-state index contributed by atoms with van der Waals surface area (Å²) in [6.45, 7) is 8.96. The maximum Gasteiger partial charge on any atom is 0.235 e. The summed E-state index contributed by atoms with van der Waals surface area (Å²) < 4.78 is 23.8. The molecule has 6 nitrogen and oxygen atoms in total. The molecule has 7 heteroatoms. The Morgan fingerprint density at radius 3 is 2.34 bits per heavy atom. The molecule has 1 aromatic carbocycles. The van der Waals surface area contributed by atoms with Gasteiger partial charge in [-0.25, -0.2) is 8.42 Å². The van der Waals surface area contributed by atoms with Crippen molar-refractivity contribution in [3.05, 3.63) is 35.9 Å². The van der Waals surface area contributed by atoms with Crippen LogP contribution in [0.5, 0.6) is 0 Å². The van der Waals surface area contributed by atoms with Gasteiger partial charge in [0.1, 0.15) is 5.75 Å². The number of hydrogen-bond acceptors (Lipinski definition) is 5. The minimum Gasteiger partial charge on any atom is -0.355 e. The fraction of sp³-hybridized carbons (Fsp3) is 0.682. The van der Waals surface area contributed by atoms with Gasteiger partial charge in [-0.15, -0.1) is 0 Å². The summed E-state index contributed by atoms with van der Waals surface area (Å²) in [6, 6.07) is 10.6. The average molecular weight is 424 g/mol. The quantitative estimate of drug-likeness (QED) is 0.493. The Morgan fingerprint density at radius 1 is 0.966 bits per heavy atom. The van der Waals surface area contributed by atoms with E-state index in [9.17, 15) is 13.2 Å². The summed E-state index contributed by atoms with van der Waals surface area (Å²) in [4.78, 5) is 16.8. The minimum absolute atomic E-state index is 0.116. The van der Waals surface area contributed by atoms with Gasteiger partial charge in [0.05, 0.1) is 5.75 Å². The van der Waals surface area contributed by atoms with E-state index in [4.69, 9.17) is 0 Å². The maximum absolute atomic E-state index is 11.9. The molecule has 0 spiro atoms. The van der Waals surface area contributed by atoms with Crippen molar-refractivity contribution in [1.82, 2.24) is 15.1 Å². The highest BCUT2D eigenvalue weighted by atomic mass is 32.2. The van der Waals surface area contributed by atoms with Crippen LogP contribution in [0.2, 0.25) is 0 Å². The molecule has 29 heavy (non-hydrogen) atoms. The second kappa shape index (κ2) is 13.0. The monoisotopic (exact) mass is 423 g/mol. The van der Waals surface area contributed by atoms with Crippen molar-refractivity contribution in [2.75, 3.05) is 50.8 Å². The van der Waals surface area contributed by atoms with Crippen molar-refractivity contribution in [2.45, 2.75) is 45.6 Å². The summed E-state index contributed by atoms with van der Waals surface area (Å²) in [5.41, 5.74) is 1.36. The molecule has 1 amide bonds. The Labute approximate surface area is 176 Å². The van der Waals surface area contributed by atoms with E-state index < -0.39 is 9.84 Å². The molecule has 1 N–H and O–H groups in total. The van der Waals surface area contributed by atoms with E-state index in [1.807, 2.05) is 6.92 Å². The number of carbonyl (C=O) groups excluding carboxylic acids is 1. The number of sulfone groups is 1. The summed E-state index contributed by atoms with van der Waals surface area (Å²) in [7, 11) is -3.27. The maximum atomic E-state index is 11.9. The number of carbonyl (C=O) groups is 1. The smallest absolute Gasteiger partial charge is 0.235 e. The summed E-state index contributed by atoms with van der Waals surface area (Å²) >= 11 is 0. The topological polar surface area (TPSA) is 69.7 Å². The Hall–Kier alpha value is -1.44. The number of amides is 1. The Bertz CT molecular complexity index is 687. The second-order valence-corrected chi connectivity index (χ2v) is 10.1. The van der Waals surface area contributed by atoms with Crippen LogP contribution in [-0.2, 0) is 21.2 Å². The highest BCUT2D eigenvalue weighted by molar-refractivity contribution is 7.92. The normalized spacial score (nSPS) is 16.0. The molecule has 1 aliphatic heterocycles. The van der Waals surface area contributed by atoms with Crippen molar-refractivity contribution in [2.24, 2.45) is 0 Å². The fourth-order valence-electron chi connectivity index (χ4n) is 3.60.